The largest absolute Gasteiger partial charge is 0.193 e. The molecule has 0 atom stereocenters. The lowest BCUT2D eigenvalue weighted by atomic mass is 10.1. The Kier molecular flexibility index (Phi) is 4.47. The Bertz CT molecular complexity index is 423. The molecule has 0 saturated heterocycles. The summed E-state index contributed by atoms with van der Waals surface area (Å²) >= 11 is 17.7. The van der Waals surface area contributed by atoms with Gasteiger partial charge in [0.25, 0.3) is 0 Å². The van der Waals surface area contributed by atoms with E-state index in [1.54, 1.807) is 18.2 Å². The Morgan fingerprint density at radius 1 is 1.27 bits per heavy atom. The van der Waals surface area contributed by atoms with Gasteiger partial charge in [-0.3, -0.25) is 0 Å². The minimum Gasteiger partial charge on any atom is -0.193 e. The van der Waals surface area contributed by atoms with Gasteiger partial charge in [0.2, 0.25) is 0 Å². The van der Waals surface area contributed by atoms with E-state index >= 15 is 0 Å². The Hall–Kier alpha value is -0.680. The molecule has 0 saturated carbocycles. The number of allylic oxidation sites excluding steroid dienone is 1. The van der Waals surface area contributed by atoms with E-state index in [1.807, 2.05) is 6.92 Å². The van der Waals surface area contributed by atoms with Gasteiger partial charge in [0, 0.05) is 15.6 Å². The van der Waals surface area contributed by atoms with Crippen molar-refractivity contribution >= 4 is 39.8 Å². The van der Waals surface area contributed by atoms with Gasteiger partial charge in [-0.2, -0.15) is 5.26 Å². The zero-order chi connectivity index (χ0) is 11.4. The van der Waals surface area contributed by atoms with Crippen LogP contribution in [-0.2, 0) is 0 Å². The van der Waals surface area contributed by atoms with E-state index in [1.165, 1.54) is 0 Å². The predicted octanol–water partition coefficient (Wildman–Crippen LogP) is 4.88. The van der Waals surface area contributed by atoms with E-state index in [9.17, 15) is 0 Å². The van der Waals surface area contributed by atoms with Crippen molar-refractivity contribution in [1.29, 1.82) is 5.26 Å². The summed E-state index contributed by atoms with van der Waals surface area (Å²) in [6.45, 7) is 1.87. The van der Waals surface area contributed by atoms with Gasteiger partial charge in [0.05, 0.1) is 11.1 Å². The summed E-state index contributed by atoms with van der Waals surface area (Å²) < 4.78 is 0. The maximum Gasteiger partial charge on any atom is 0.0962 e. The number of benzene rings is 1. The lowest BCUT2D eigenvalue weighted by molar-refractivity contribution is 1.16. The highest BCUT2D eigenvalue weighted by Gasteiger charge is 2.07. The maximum absolute atomic E-state index is 8.84. The first-order valence-electron chi connectivity index (χ1n) is 4.33. The van der Waals surface area contributed by atoms with Gasteiger partial charge >= 0.3 is 0 Å². The maximum atomic E-state index is 8.84. The van der Waals surface area contributed by atoms with Crippen LogP contribution in [0.1, 0.15) is 18.9 Å². The van der Waals surface area contributed by atoms with Crippen molar-refractivity contribution in [1.82, 2.24) is 0 Å². The number of rotatable bonds is 2. The summed E-state index contributed by atoms with van der Waals surface area (Å²) in [5, 5.41) is 10.3. The van der Waals surface area contributed by atoms with Crippen LogP contribution in [0.3, 0.4) is 0 Å². The highest BCUT2D eigenvalue weighted by molar-refractivity contribution is 6.50. The lowest BCUT2D eigenvalue weighted by Gasteiger charge is -2.03. The van der Waals surface area contributed by atoms with Crippen molar-refractivity contribution in [2.75, 3.05) is 0 Å². The Morgan fingerprint density at radius 3 is 2.20 bits per heavy atom. The van der Waals surface area contributed by atoms with Gasteiger partial charge in [-0.05, 0) is 30.2 Å². The number of hydrogen-bond acceptors (Lipinski definition) is 1. The van der Waals surface area contributed by atoms with Gasteiger partial charge in [-0.15, -0.1) is 0 Å². The van der Waals surface area contributed by atoms with Crippen molar-refractivity contribution in [3.63, 3.8) is 0 Å². The molecular weight excluding hydrogens is 252 g/mol. The molecule has 0 fully saturated rings. The number of nitriles is 1. The second kappa shape index (κ2) is 5.42. The van der Waals surface area contributed by atoms with E-state index in [0.29, 0.717) is 32.6 Å². The normalized spacial score (nSPS) is 11.9. The molecule has 0 aliphatic rings. The molecule has 15 heavy (non-hydrogen) atoms. The summed E-state index contributed by atoms with van der Waals surface area (Å²) in [6.07, 6.45) is 0.583. The van der Waals surface area contributed by atoms with Crippen LogP contribution >= 0.6 is 34.8 Å². The predicted molar refractivity (Wildman–Crippen MR) is 65.1 cm³/mol. The molecule has 1 rings (SSSR count). The summed E-state index contributed by atoms with van der Waals surface area (Å²) in [4.78, 5) is 0. The lowest BCUT2D eigenvalue weighted by Crippen LogP contribution is -1.84. The van der Waals surface area contributed by atoms with Crippen molar-refractivity contribution in [2.45, 2.75) is 13.3 Å². The Morgan fingerprint density at radius 2 is 1.80 bits per heavy atom. The van der Waals surface area contributed by atoms with Crippen LogP contribution < -0.4 is 0 Å². The molecule has 0 N–H and O–H groups in total. The zero-order valence-electron chi connectivity index (χ0n) is 8.02. The molecule has 4 heteroatoms. The van der Waals surface area contributed by atoms with E-state index in [4.69, 9.17) is 40.1 Å². The SMILES string of the molecule is CCC(C#N)=C(Cl)c1cc(Cl)cc(Cl)c1. The fraction of sp³-hybridized carbons (Fsp3) is 0.182. The molecule has 0 unspecified atom stereocenters. The van der Waals surface area contributed by atoms with Crippen LogP contribution in [0.5, 0.6) is 0 Å². The summed E-state index contributed by atoms with van der Waals surface area (Å²) in [7, 11) is 0. The number of nitrogens with zero attached hydrogens (tertiary/aromatic N) is 1. The molecule has 78 valence electrons. The van der Waals surface area contributed by atoms with E-state index in [2.05, 4.69) is 6.07 Å². The molecule has 0 aromatic heterocycles. The molecule has 0 aliphatic carbocycles. The van der Waals surface area contributed by atoms with E-state index < -0.39 is 0 Å². The summed E-state index contributed by atoms with van der Waals surface area (Å²) in [5.74, 6) is 0. The standard InChI is InChI=1S/C11H8Cl3N/c1-2-7(6-15)11(14)8-3-9(12)5-10(13)4-8/h3-5H,2H2,1H3. The van der Waals surface area contributed by atoms with Gasteiger partial charge in [-0.1, -0.05) is 41.7 Å². The summed E-state index contributed by atoms with van der Waals surface area (Å²) in [6, 6.07) is 7.04. The third-order valence-electron chi connectivity index (χ3n) is 1.87. The molecule has 1 aromatic carbocycles. The van der Waals surface area contributed by atoms with Gasteiger partial charge in [0.15, 0.2) is 0 Å². The third kappa shape index (κ3) is 3.14. The van der Waals surface area contributed by atoms with Crippen molar-refractivity contribution in [2.24, 2.45) is 0 Å². The average Bonchev–Trinajstić information content (AvgIpc) is 2.18. The minimum absolute atomic E-state index is 0.407. The molecule has 0 heterocycles. The number of hydrogen-bond donors (Lipinski definition) is 0. The van der Waals surface area contributed by atoms with Crippen molar-refractivity contribution in [3.05, 3.63) is 39.4 Å². The fourth-order valence-electron chi connectivity index (χ4n) is 1.14. The van der Waals surface area contributed by atoms with Crippen molar-refractivity contribution in [3.8, 4) is 6.07 Å². The molecular formula is C11H8Cl3N. The monoisotopic (exact) mass is 259 g/mol. The van der Waals surface area contributed by atoms with Crippen LogP contribution in [0.4, 0.5) is 0 Å². The molecule has 1 nitrogen and oxygen atoms in total. The third-order valence-corrected chi connectivity index (χ3v) is 2.75. The number of halogens is 3. The van der Waals surface area contributed by atoms with Gasteiger partial charge in [0.1, 0.15) is 0 Å². The highest BCUT2D eigenvalue weighted by atomic mass is 35.5. The molecule has 0 amide bonds. The minimum atomic E-state index is 0.407. The molecule has 0 spiro atoms. The highest BCUT2D eigenvalue weighted by Crippen LogP contribution is 2.29. The first-order valence-corrected chi connectivity index (χ1v) is 5.47. The van der Waals surface area contributed by atoms with E-state index in [-0.39, 0.29) is 0 Å². The molecule has 1 aromatic rings. The average molecular weight is 261 g/mol. The van der Waals surface area contributed by atoms with Crippen LogP contribution in [-0.4, -0.2) is 0 Å². The van der Waals surface area contributed by atoms with Crippen LogP contribution in [0.2, 0.25) is 10.0 Å². The second-order valence-electron chi connectivity index (χ2n) is 2.92. The van der Waals surface area contributed by atoms with E-state index in [0.717, 1.165) is 0 Å². The summed E-state index contributed by atoms with van der Waals surface area (Å²) in [5.41, 5.74) is 1.20. The van der Waals surface area contributed by atoms with Crippen LogP contribution in [0.25, 0.3) is 5.03 Å². The topological polar surface area (TPSA) is 23.8 Å². The van der Waals surface area contributed by atoms with Gasteiger partial charge < -0.3 is 0 Å². The van der Waals surface area contributed by atoms with Gasteiger partial charge in [-0.25, -0.2) is 0 Å². The van der Waals surface area contributed by atoms with Crippen molar-refractivity contribution < 1.29 is 0 Å². The first kappa shape index (κ1) is 12.4. The Labute approximate surface area is 104 Å². The van der Waals surface area contributed by atoms with Crippen LogP contribution in [0, 0.1) is 11.3 Å². The quantitative estimate of drug-likeness (QED) is 0.696. The molecule has 0 bridgehead atoms. The molecule has 0 aliphatic heterocycles. The zero-order valence-corrected chi connectivity index (χ0v) is 10.3. The fourth-order valence-corrected chi connectivity index (χ4v) is 1.95. The Balaban J connectivity index is 3.28. The molecule has 0 radical (unpaired) electrons. The second-order valence-corrected chi connectivity index (χ2v) is 4.17. The van der Waals surface area contributed by atoms with Crippen LogP contribution in [0.15, 0.2) is 23.8 Å². The first-order chi connectivity index (χ1) is 7.08. The smallest absolute Gasteiger partial charge is 0.0962 e.